The van der Waals surface area contributed by atoms with Gasteiger partial charge in [0.2, 0.25) is 5.88 Å². The number of urea groups is 1. The topological polar surface area (TPSA) is 94.6 Å². The van der Waals surface area contributed by atoms with Crippen LogP contribution >= 0.6 is 0 Å². The average Bonchev–Trinajstić information content (AvgIpc) is 2.81. The number of halogens is 3. The highest BCUT2D eigenvalue weighted by Crippen LogP contribution is 2.36. The predicted molar refractivity (Wildman–Crippen MR) is 126 cm³/mol. The van der Waals surface area contributed by atoms with Gasteiger partial charge in [0.1, 0.15) is 23.8 Å². The van der Waals surface area contributed by atoms with E-state index < -0.39 is 17.8 Å². The Morgan fingerprint density at radius 3 is 2.56 bits per heavy atom. The molecule has 0 atom stereocenters. The molecule has 11 heteroatoms. The second-order valence-electron chi connectivity index (χ2n) is 9.09. The van der Waals surface area contributed by atoms with E-state index in [2.05, 4.69) is 27.5 Å². The second kappa shape index (κ2) is 11.8. The molecule has 8 nitrogen and oxygen atoms in total. The highest BCUT2D eigenvalue weighted by Gasteiger charge is 2.32. The van der Waals surface area contributed by atoms with Crippen LogP contribution in [0.25, 0.3) is 0 Å². The molecule has 1 aliphatic heterocycles. The minimum atomic E-state index is -4.54. The number of nitrogens with zero attached hydrogens (tertiary/aromatic N) is 2. The fourth-order valence-corrected chi connectivity index (χ4v) is 4.11. The van der Waals surface area contributed by atoms with Crippen molar-refractivity contribution in [3.63, 3.8) is 0 Å². The standard InChI is InChI=1S/C25H31F3N4O4/c1-2-3-4-22-29-12-11-23(32-22)36-18-8-6-17(7-9-18)30-24(33)31-20-13-16(25(26,27)28)5-10-21(20)35-19-14-34-15-19/h5,10-13,17-19H,2-4,6-9,14-15H2,1H3,(H2,30,31,33). The highest BCUT2D eigenvalue weighted by molar-refractivity contribution is 5.91. The number of ether oxygens (including phenoxy) is 3. The minimum absolute atomic E-state index is 0.0202. The van der Waals surface area contributed by atoms with E-state index in [-0.39, 0.29) is 29.7 Å². The predicted octanol–water partition coefficient (Wildman–Crippen LogP) is 5.13. The quantitative estimate of drug-likeness (QED) is 0.488. The summed E-state index contributed by atoms with van der Waals surface area (Å²) in [4.78, 5) is 21.4. The third-order valence-corrected chi connectivity index (χ3v) is 6.19. The van der Waals surface area contributed by atoms with Gasteiger partial charge in [-0.3, -0.25) is 0 Å². The lowest BCUT2D eigenvalue weighted by Crippen LogP contribution is -2.42. The summed E-state index contributed by atoms with van der Waals surface area (Å²) in [5, 5.41) is 5.39. The molecule has 2 fully saturated rings. The largest absolute Gasteiger partial charge is 0.483 e. The smallest absolute Gasteiger partial charge is 0.416 e. The van der Waals surface area contributed by atoms with Crippen molar-refractivity contribution in [2.24, 2.45) is 0 Å². The van der Waals surface area contributed by atoms with Crippen molar-refractivity contribution in [2.75, 3.05) is 18.5 Å². The number of carbonyl (C=O) groups is 1. The first-order valence-corrected chi connectivity index (χ1v) is 12.3. The van der Waals surface area contributed by atoms with Gasteiger partial charge < -0.3 is 24.8 Å². The Morgan fingerprint density at radius 2 is 1.89 bits per heavy atom. The van der Waals surface area contributed by atoms with Crippen molar-refractivity contribution in [3.05, 3.63) is 41.9 Å². The summed E-state index contributed by atoms with van der Waals surface area (Å²) < 4.78 is 56.4. The van der Waals surface area contributed by atoms with Crippen LogP contribution in [0, 0.1) is 0 Å². The van der Waals surface area contributed by atoms with Crippen LogP contribution in [0.15, 0.2) is 30.5 Å². The lowest BCUT2D eigenvalue weighted by atomic mass is 9.93. The number of rotatable bonds is 9. The van der Waals surface area contributed by atoms with Crippen LogP contribution in [0.3, 0.4) is 0 Å². The number of aromatic nitrogens is 2. The Labute approximate surface area is 207 Å². The normalized spacial score (nSPS) is 20.3. The summed E-state index contributed by atoms with van der Waals surface area (Å²) in [6.45, 7) is 2.82. The Kier molecular flexibility index (Phi) is 8.50. The molecule has 2 aliphatic rings. The molecule has 36 heavy (non-hydrogen) atoms. The maximum absolute atomic E-state index is 13.2. The summed E-state index contributed by atoms with van der Waals surface area (Å²) in [5.41, 5.74) is -0.899. The van der Waals surface area contributed by atoms with Gasteiger partial charge in [0.25, 0.3) is 0 Å². The van der Waals surface area contributed by atoms with E-state index in [0.29, 0.717) is 31.9 Å². The van der Waals surface area contributed by atoms with Crippen molar-refractivity contribution in [1.82, 2.24) is 15.3 Å². The maximum atomic E-state index is 13.2. The maximum Gasteiger partial charge on any atom is 0.416 e. The number of alkyl halides is 3. The molecular weight excluding hydrogens is 477 g/mol. The number of aryl methyl sites for hydroxylation is 1. The summed E-state index contributed by atoms with van der Waals surface area (Å²) in [6, 6.07) is 4.09. The van der Waals surface area contributed by atoms with Gasteiger partial charge in [-0.25, -0.2) is 9.78 Å². The Balaban J connectivity index is 1.29. The van der Waals surface area contributed by atoms with E-state index in [1.165, 1.54) is 6.07 Å². The summed E-state index contributed by atoms with van der Waals surface area (Å²) in [6.07, 6.45) is 2.59. The minimum Gasteiger partial charge on any atom is -0.483 e. The van der Waals surface area contributed by atoms with Gasteiger partial charge in [-0.1, -0.05) is 13.3 Å². The molecule has 0 spiro atoms. The van der Waals surface area contributed by atoms with Crippen LogP contribution in [0.5, 0.6) is 11.6 Å². The summed E-state index contributed by atoms with van der Waals surface area (Å²) in [7, 11) is 0. The van der Waals surface area contributed by atoms with E-state index >= 15 is 0 Å². The van der Waals surface area contributed by atoms with Gasteiger partial charge >= 0.3 is 12.2 Å². The monoisotopic (exact) mass is 508 g/mol. The van der Waals surface area contributed by atoms with Gasteiger partial charge in [0, 0.05) is 24.7 Å². The van der Waals surface area contributed by atoms with Crippen LogP contribution in [0.4, 0.5) is 23.7 Å². The molecule has 1 saturated carbocycles. The molecule has 1 saturated heterocycles. The zero-order valence-corrected chi connectivity index (χ0v) is 20.1. The van der Waals surface area contributed by atoms with Crippen molar-refractivity contribution < 1.29 is 32.2 Å². The molecule has 0 unspecified atom stereocenters. The number of unbranched alkanes of at least 4 members (excludes halogenated alkanes) is 1. The molecule has 2 amide bonds. The summed E-state index contributed by atoms with van der Waals surface area (Å²) >= 11 is 0. The molecule has 4 rings (SSSR count). The first-order chi connectivity index (χ1) is 17.3. The Hall–Kier alpha value is -3.08. The first kappa shape index (κ1) is 26.0. The zero-order valence-electron chi connectivity index (χ0n) is 20.1. The van der Waals surface area contributed by atoms with Gasteiger partial charge in [0.15, 0.2) is 0 Å². The molecule has 2 N–H and O–H groups in total. The van der Waals surface area contributed by atoms with Crippen LogP contribution in [-0.2, 0) is 17.3 Å². The average molecular weight is 509 g/mol. The second-order valence-corrected chi connectivity index (χ2v) is 9.09. The molecule has 1 aromatic heterocycles. The van der Waals surface area contributed by atoms with Crippen molar-refractivity contribution >= 4 is 11.7 Å². The van der Waals surface area contributed by atoms with E-state index in [0.717, 1.165) is 50.1 Å². The first-order valence-electron chi connectivity index (χ1n) is 12.3. The number of benzene rings is 1. The molecule has 0 radical (unpaired) electrons. The van der Waals surface area contributed by atoms with Gasteiger partial charge in [-0.05, 0) is 50.3 Å². The van der Waals surface area contributed by atoms with Crippen molar-refractivity contribution in [1.29, 1.82) is 0 Å². The Morgan fingerprint density at radius 1 is 1.11 bits per heavy atom. The van der Waals surface area contributed by atoms with Gasteiger partial charge in [-0.2, -0.15) is 18.2 Å². The molecule has 0 bridgehead atoms. The van der Waals surface area contributed by atoms with Gasteiger partial charge in [-0.15, -0.1) is 0 Å². The lowest BCUT2D eigenvalue weighted by Gasteiger charge is -2.30. The zero-order chi connectivity index (χ0) is 25.5. The number of anilines is 1. The third kappa shape index (κ3) is 7.22. The Bertz CT molecular complexity index is 1020. The third-order valence-electron chi connectivity index (χ3n) is 6.19. The lowest BCUT2D eigenvalue weighted by molar-refractivity contribution is -0.137. The molecule has 2 aromatic rings. The fraction of sp³-hybridized carbons (Fsp3) is 0.560. The van der Waals surface area contributed by atoms with E-state index in [9.17, 15) is 18.0 Å². The number of amides is 2. The van der Waals surface area contributed by atoms with Crippen molar-refractivity contribution in [2.45, 2.75) is 76.3 Å². The molecular formula is C25H31F3N4O4. The molecule has 1 aliphatic carbocycles. The summed E-state index contributed by atoms with van der Waals surface area (Å²) in [5.74, 6) is 1.50. The number of hydrogen-bond donors (Lipinski definition) is 2. The fourth-order valence-electron chi connectivity index (χ4n) is 4.11. The van der Waals surface area contributed by atoms with Crippen LogP contribution < -0.4 is 20.1 Å². The van der Waals surface area contributed by atoms with Crippen LogP contribution in [0.1, 0.15) is 56.8 Å². The number of nitrogens with one attached hydrogen (secondary N) is 2. The van der Waals surface area contributed by atoms with E-state index in [4.69, 9.17) is 14.2 Å². The van der Waals surface area contributed by atoms with E-state index in [1.54, 1.807) is 12.3 Å². The number of carbonyl (C=O) groups excluding carboxylic acids is 1. The molecule has 1 aromatic carbocycles. The number of hydrogen-bond acceptors (Lipinski definition) is 6. The van der Waals surface area contributed by atoms with Gasteiger partial charge in [0.05, 0.1) is 24.5 Å². The molecule has 196 valence electrons. The highest BCUT2D eigenvalue weighted by atomic mass is 19.4. The van der Waals surface area contributed by atoms with Crippen LogP contribution in [0.2, 0.25) is 0 Å². The van der Waals surface area contributed by atoms with E-state index in [1.807, 2.05) is 0 Å². The van der Waals surface area contributed by atoms with Crippen molar-refractivity contribution in [3.8, 4) is 11.6 Å². The SMILES string of the molecule is CCCCc1nccc(OC2CCC(NC(=O)Nc3cc(C(F)(F)F)ccc3OC3COC3)CC2)n1. The molecule has 2 heterocycles. The van der Waals surface area contributed by atoms with Crippen LogP contribution in [-0.4, -0.2) is 47.5 Å².